The molecular formula is C17H30ClN3O2. The highest BCUT2D eigenvalue weighted by atomic mass is 35.5. The summed E-state index contributed by atoms with van der Waals surface area (Å²) in [6.45, 7) is 2.08. The van der Waals surface area contributed by atoms with E-state index in [2.05, 4.69) is 10.6 Å². The molecule has 0 spiro atoms. The van der Waals surface area contributed by atoms with Crippen LogP contribution in [-0.4, -0.2) is 48.4 Å². The fourth-order valence-electron chi connectivity index (χ4n) is 4.38. The van der Waals surface area contributed by atoms with E-state index in [0.29, 0.717) is 24.4 Å². The molecule has 1 saturated carbocycles. The number of carbonyl (C=O) groups is 2. The minimum atomic E-state index is 0. The summed E-state index contributed by atoms with van der Waals surface area (Å²) in [7, 11) is 0. The summed E-state index contributed by atoms with van der Waals surface area (Å²) in [5.74, 6) is 0.691. The van der Waals surface area contributed by atoms with Gasteiger partial charge in [-0.3, -0.25) is 9.59 Å². The van der Waals surface area contributed by atoms with Crippen molar-refractivity contribution in [2.75, 3.05) is 19.6 Å². The normalized spacial score (nSPS) is 27.9. The first-order valence-electron chi connectivity index (χ1n) is 9.02. The van der Waals surface area contributed by atoms with Crippen LogP contribution in [0.5, 0.6) is 0 Å². The SMILES string of the molecule is Cl.O=C(CC1CCCCC1)NCC(=O)N1C2CCNCC1CC2. The van der Waals surface area contributed by atoms with Crippen molar-refractivity contribution < 1.29 is 9.59 Å². The van der Waals surface area contributed by atoms with E-state index in [9.17, 15) is 9.59 Å². The van der Waals surface area contributed by atoms with Crippen molar-refractivity contribution >= 4 is 24.2 Å². The van der Waals surface area contributed by atoms with Crippen molar-refractivity contribution in [3.05, 3.63) is 0 Å². The van der Waals surface area contributed by atoms with E-state index in [1.807, 2.05) is 4.90 Å². The van der Waals surface area contributed by atoms with Gasteiger partial charge in [-0.1, -0.05) is 19.3 Å². The van der Waals surface area contributed by atoms with Gasteiger partial charge in [0.2, 0.25) is 11.8 Å². The second kappa shape index (κ2) is 8.88. The van der Waals surface area contributed by atoms with Crippen molar-refractivity contribution in [1.82, 2.24) is 15.5 Å². The number of rotatable bonds is 4. The lowest BCUT2D eigenvalue weighted by molar-refractivity contribution is -0.135. The van der Waals surface area contributed by atoms with Crippen LogP contribution in [0.1, 0.15) is 57.8 Å². The molecule has 2 unspecified atom stereocenters. The van der Waals surface area contributed by atoms with E-state index in [1.54, 1.807) is 0 Å². The largest absolute Gasteiger partial charge is 0.347 e. The zero-order valence-electron chi connectivity index (χ0n) is 13.9. The van der Waals surface area contributed by atoms with Crippen LogP contribution in [0.3, 0.4) is 0 Å². The number of carbonyl (C=O) groups excluding carboxylic acids is 2. The van der Waals surface area contributed by atoms with Gasteiger partial charge in [0.1, 0.15) is 0 Å². The van der Waals surface area contributed by atoms with Crippen LogP contribution in [0.4, 0.5) is 0 Å². The summed E-state index contributed by atoms with van der Waals surface area (Å²) in [6.07, 6.45) is 10.0. The highest BCUT2D eigenvalue weighted by Crippen LogP contribution is 2.28. The maximum Gasteiger partial charge on any atom is 0.242 e. The number of hydrogen-bond donors (Lipinski definition) is 2. The van der Waals surface area contributed by atoms with Crippen molar-refractivity contribution in [1.29, 1.82) is 0 Å². The summed E-state index contributed by atoms with van der Waals surface area (Å²) < 4.78 is 0. The number of nitrogens with zero attached hydrogens (tertiary/aromatic N) is 1. The fraction of sp³-hybridized carbons (Fsp3) is 0.882. The first-order valence-corrected chi connectivity index (χ1v) is 9.02. The average molecular weight is 344 g/mol. The van der Waals surface area contributed by atoms with Crippen molar-refractivity contribution in [3.63, 3.8) is 0 Å². The van der Waals surface area contributed by atoms with Gasteiger partial charge >= 0.3 is 0 Å². The van der Waals surface area contributed by atoms with Crippen molar-refractivity contribution in [3.8, 4) is 0 Å². The molecule has 3 fully saturated rings. The second-order valence-corrected chi connectivity index (χ2v) is 7.16. The van der Waals surface area contributed by atoms with Gasteiger partial charge in [0.15, 0.2) is 0 Å². The number of hydrogen-bond acceptors (Lipinski definition) is 3. The third-order valence-electron chi connectivity index (χ3n) is 5.58. The van der Waals surface area contributed by atoms with Crippen LogP contribution in [0.15, 0.2) is 0 Å². The Morgan fingerprint density at radius 2 is 1.74 bits per heavy atom. The third-order valence-corrected chi connectivity index (χ3v) is 5.58. The number of fused-ring (bicyclic) bond motifs is 2. The molecule has 6 heteroatoms. The van der Waals surface area contributed by atoms with Crippen LogP contribution in [0.25, 0.3) is 0 Å². The van der Waals surface area contributed by atoms with Crippen LogP contribution >= 0.6 is 12.4 Å². The molecule has 2 heterocycles. The highest BCUT2D eigenvalue weighted by Gasteiger charge is 2.37. The highest BCUT2D eigenvalue weighted by molar-refractivity contribution is 5.85. The molecule has 2 saturated heterocycles. The molecule has 2 aliphatic heterocycles. The lowest BCUT2D eigenvalue weighted by Crippen LogP contribution is -2.47. The van der Waals surface area contributed by atoms with E-state index in [-0.39, 0.29) is 30.8 Å². The van der Waals surface area contributed by atoms with Gasteiger partial charge < -0.3 is 15.5 Å². The van der Waals surface area contributed by atoms with E-state index < -0.39 is 0 Å². The Bertz CT molecular complexity index is 399. The molecule has 23 heavy (non-hydrogen) atoms. The fourth-order valence-corrected chi connectivity index (χ4v) is 4.38. The molecule has 0 aromatic heterocycles. The quantitative estimate of drug-likeness (QED) is 0.819. The van der Waals surface area contributed by atoms with Gasteiger partial charge in [-0.15, -0.1) is 12.4 Å². The van der Waals surface area contributed by atoms with Crippen molar-refractivity contribution in [2.24, 2.45) is 5.92 Å². The molecular weight excluding hydrogens is 314 g/mol. The smallest absolute Gasteiger partial charge is 0.242 e. The van der Waals surface area contributed by atoms with E-state index >= 15 is 0 Å². The Morgan fingerprint density at radius 1 is 1.00 bits per heavy atom. The number of halogens is 1. The Morgan fingerprint density at radius 3 is 2.52 bits per heavy atom. The Labute approximate surface area is 145 Å². The lowest BCUT2D eigenvalue weighted by atomic mass is 9.87. The molecule has 0 radical (unpaired) electrons. The zero-order valence-corrected chi connectivity index (χ0v) is 14.7. The van der Waals surface area contributed by atoms with E-state index in [1.165, 1.54) is 32.1 Å². The van der Waals surface area contributed by atoms with Crippen LogP contribution in [0, 0.1) is 5.92 Å². The van der Waals surface area contributed by atoms with Gasteiger partial charge in [-0.2, -0.15) is 0 Å². The molecule has 3 aliphatic rings. The molecule has 1 aliphatic carbocycles. The molecule has 132 valence electrons. The second-order valence-electron chi connectivity index (χ2n) is 7.16. The van der Waals surface area contributed by atoms with Gasteiger partial charge in [0.25, 0.3) is 0 Å². The van der Waals surface area contributed by atoms with Crippen LogP contribution < -0.4 is 10.6 Å². The molecule has 3 rings (SSSR count). The topological polar surface area (TPSA) is 61.4 Å². The predicted molar refractivity (Wildman–Crippen MR) is 92.6 cm³/mol. The van der Waals surface area contributed by atoms with Crippen LogP contribution in [0.2, 0.25) is 0 Å². The summed E-state index contributed by atoms with van der Waals surface area (Å²) in [6, 6.07) is 0.706. The zero-order chi connectivity index (χ0) is 15.4. The molecule has 2 bridgehead atoms. The molecule has 5 nitrogen and oxygen atoms in total. The number of amides is 2. The average Bonchev–Trinajstić information content (AvgIpc) is 2.79. The molecule has 0 aromatic carbocycles. The first kappa shape index (κ1) is 18.5. The standard InChI is InChI=1S/C17H29N3O2.ClH/c21-16(10-13-4-2-1-3-5-13)19-12-17(22)20-14-6-7-15(20)11-18-9-8-14;/h13-15,18H,1-12H2,(H,19,21);1H. The minimum absolute atomic E-state index is 0. The Hall–Kier alpha value is -0.810. The number of nitrogens with one attached hydrogen (secondary N) is 2. The molecule has 0 aromatic rings. The van der Waals surface area contributed by atoms with Gasteiger partial charge in [0, 0.05) is 25.0 Å². The predicted octanol–water partition coefficient (Wildman–Crippen LogP) is 1.85. The summed E-state index contributed by atoms with van der Waals surface area (Å²) in [5.41, 5.74) is 0. The minimum Gasteiger partial charge on any atom is -0.347 e. The van der Waals surface area contributed by atoms with Crippen molar-refractivity contribution in [2.45, 2.75) is 69.9 Å². The molecule has 2 atom stereocenters. The van der Waals surface area contributed by atoms with E-state index in [0.717, 1.165) is 32.4 Å². The Kier molecular flexibility index (Phi) is 7.15. The van der Waals surface area contributed by atoms with Gasteiger partial charge in [-0.05, 0) is 44.6 Å². The van der Waals surface area contributed by atoms with Crippen LogP contribution in [-0.2, 0) is 9.59 Å². The summed E-state index contributed by atoms with van der Waals surface area (Å²) in [4.78, 5) is 26.6. The first-order chi connectivity index (χ1) is 10.7. The maximum absolute atomic E-state index is 12.5. The monoisotopic (exact) mass is 343 g/mol. The third kappa shape index (κ3) is 4.83. The van der Waals surface area contributed by atoms with E-state index in [4.69, 9.17) is 0 Å². The summed E-state index contributed by atoms with van der Waals surface area (Å²) in [5, 5.41) is 6.27. The molecule has 2 N–H and O–H groups in total. The lowest BCUT2D eigenvalue weighted by Gasteiger charge is -2.28. The maximum atomic E-state index is 12.5. The van der Waals surface area contributed by atoms with Gasteiger partial charge in [-0.25, -0.2) is 0 Å². The molecule has 2 amide bonds. The summed E-state index contributed by atoms with van der Waals surface area (Å²) >= 11 is 0. The Balaban J connectivity index is 0.00000192. The van der Waals surface area contributed by atoms with Gasteiger partial charge in [0.05, 0.1) is 6.54 Å².